The van der Waals surface area contributed by atoms with E-state index < -0.39 is 29.3 Å². The van der Waals surface area contributed by atoms with Crippen LogP contribution in [0.3, 0.4) is 0 Å². The quantitative estimate of drug-likeness (QED) is 0.647. The molecule has 3 aliphatic rings. The zero-order chi connectivity index (χ0) is 23.1. The lowest BCUT2D eigenvalue weighted by Gasteiger charge is -2.33. The molecule has 0 spiro atoms. The topological polar surface area (TPSA) is 115 Å². The van der Waals surface area contributed by atoms with Gasteiger partial charge in [-0.1, -0.05) is 25.3 Å². The summed E-state index contributed by atoms with van der Waals surface area (Å²) in [6.45, 7) is 0.222. The van der Waals surface area contributed by atoms with Crippen LogP contribution >= 0.6 is 22.9 Å². The molecule has 2 N–H and O–H groups in total. The number of Topliss-reactive ketones (excluding diaryl/α,β-unsaturated/α-hetero) is 1. The van der Waals surface area contributed by atoms with Crippen LogP contribution < -0.4 is 5.73 Å². The molecule has 33 heavy (non-hydrogen) atoms. The van der Waals surface area contributed by atoms with E-state index in [0.29, 0.717) is 10.6 Å². The van der Waals surface area contributed by atoms with Gasteiger partial charge in [0.2, 0.25) is 5.91 Å². The fraction of sp³-hybridized carbons (Fsp3) is 0.522. The molecule has 0 radical (unpaired) electrons. The van der Waals surface area contributed by atoms with Gasteiger partial charge in [0.1, 0.15) is 18.8 Å². The average molecular weight is 489 g/mol. The highest BCUT2D eigenvalue weighted by Crippen LogP contribution is 2.44. The first-order valence-electron chi connectivity index (χ1n) is 11.3. The lowest BCUT2D eigenvalue weighted by Crippen LogP contribution is -2.45. The van der Waals surface area contributed by atoms with Gasteiger partial charge in [-0.15, -0.1) is 22.9 Å². The number of primary amides is 1. The normalized spacial score (nSPS) is 26.4. The Bertz CT molecular complexity index is 1070. The average Bonchev–Trinajstić information content (AvgIpc) is 3.52. The molecule has 2 aromatic heterocycles. The molecule has 2 saturated heterocycles. The number of fused-ring (bicyclic) bond motifs is 1. The number of rotatable bonds is 5. The maximum absolute atomic E-state index is 14.1. The molecule has 2 aromatic rings. The highest BCUT2D eigenvalue weighted by molar-refractivity contribution is 7.17. The van der Waals surface area contributed by atoms with E-state index in [9.17, 15) is 14.4 Å². The molecule has 4 atom stereocenters. The van der Waals surface area contributed by atoms with E-state index in [2.05, 4.69) is 9.97 Å². The van der Waals surface area contributed by atoms with E-state index in [1.165, 1.54) is 11.3 Å². The van der Waals surface area contributed by atoms with Crippen molar-refractivity contribution in [3.8, 4) is 10.4 Å². The van der Waals surface area contributed by atoms with Crippen LogP contribution in [0.25, 0.3) is 10.4 Å². The number of ketones is 1. The number of halogens is 1. The van der Waals surface area contributed by atoms with Crippen LogP contribution in [0.15, 0.2) is 24.5 Å². The molecule has 2 amide bonds. The van der Waals surface area contributed by atoms with Crippen LogP contribution in [-0.4, -0.2) is 63.1 Å². The molecular formula is C23H25ClN4O4S. The summed E-state index contributed by atoms with van der Waals surface area (Å²) in [6.07, 6.45) is 7.81. The molecule has 0 unspecified atom stereocenters. The second kappa shape index (κ2) is 9.12. The first-order chi connectivity index (χ1) is 16.0. The summed E-state index contributed by atoms with van der Waals surface area (Å²) in [5.74, 6) is -1.48. The van der Waals surface area contributed by atoms with Gasteiger partial charge in [-0.25, -0.2) is 4.98 Å². The van der Waals surface area contributed by atoms with E-state index in [1.807, 2.05) is 6.07 Å². The van der Waals surface area contributed by atoms with Gasteiger partial charge in [-0.3, -0.25) is 19.4 Å². The van der Waals surface area contributed by atoms with Gasteiger partial charge in [-0.05, 0) is 24.8 Å². The predicted molar refractivity (Wildman–Crippen MR) is 123 cm³/mol. The van der Waals surface area contributed by atoms with Crippen molar-refractivity contribution in [1.82, 2.24) is 14.9 Å². The number of alkyl halides is 1. The van der Waals surface area contributed by atoms with Crippen molar-refractivity contribution in [2.45, 2.75) is 55.5 Å². The van der Waals surface area contributed by atoms with E-state index in [-0.39, 0.29) is 35.8 Å². The van der Waals surface area contributed by atoms with Crippen molar-refractivity contribution in [1.29, 1.82) is 0 Å². The Morgan fingerprint density at radius 3 is 2.76 bits per heavy atom. The monoisotopic (exact) mass is 488 g/mol. The summed E-state index contributed by atoms with van der Waals surface area (Å²) in [6, 6.07) is 3.02. The van der Waals surface area contributed by atoms with Crippen LogP contribution in [0.2, 0.25) is 0 Å². The number of nitrogens with two attached hydrogens (primary N) is 1. The number of carbonyl (C=O) groups excluding carboxylic acids is 3. The molecule has 4 heterocycles. The Labute approximate surface area is 200 Å². The number of thiazole rings is 1. The van der Waals surface area contributed by atoms with Gasteiger partial charge in [-0.2, -0.15) is 0 Å². The van der Waals surface area contributed by atoms with Gasteiger partial charge < -0.3 is 15.4 Å². The number of carbonyl (C=O) groups is 3. The molecule has 5 rings (SSSR count). The molecule has 1 aliphatic carbocycles. The minimum Gasteiger partial charge on any atom is -0.366 e. The number of nitrogens with zero attached hydrogens (tertiary/aromatic N) is 3. The predicted octanol–water partition coefficient (Wildman–Crippen LogP) is 2.75. The van der Waals surface area contributed by atoms with Crippen LogP contribution in [0.1, 0.15) is 53.5 Å². The van der Waals surface area contributed by atoms with E-state index in [0.717, 1.165) is 37.7 Å². The van der Waals surface area contributed by atoms with Crippen molar-refractivity contribution in [2.24, 2.45) is 11.7 Å². The van der Waals surface area contributed by atoms with Gasteiger partial charge in [0.05, 0.1) is 21.9 Å². The lowest BCUT2D eigenvalue weighted by atomic mass is 9.77. The fourth-order valence-electron chi connectivity index (χ4n) is 5.36. The molecule has 1 saturated carbocycles. The molecule has 8 nitrogen and oxygen atoms in total. The van der Waals surface area contributed by atoms with Crippen LogP contribution in [0, 0.1) is 5.92 Å². The van der Waals surface area contributed by atoms with E-state index >= 15 is 0 Å². The first-order valence-corrected chi connectivity index (χ1v) is 12.5. The number of hydrogen-bond acceptors (Lipinski definition) is 7. The highest BCUT2D eigenvalue weighted by Gasteiger charge is 2.53. The van der Waals surface area contributed by atoms with E-state index in [1.54, 1.807) is 23.4 Å². The Morgan fingerprint density at radius 2 is 2.06 bits per heavy atom. The Morgan fingerprint density at radius 1 is 1.27 bits per heavy atom. The molecule has 174 valence electrons. The molecular weight excluding hydrogens is 464 g/mol. The highest BCUT2D eigenvalue weighted by atomic mass is 35.5. The Kier molecular flexibility index (Phi) is 6.20. The smallest absolute Gasteiger partial charge is 0.277 e. The number of pyridine rings is 1. The summed E-state index contributed by atoms with van der Waals surface area (Å²) in [4.78, 5) is 49.9. The molecule has 0 aromatic carbocycles. The van der Waals surface area contributed by atoms with Crippen molar-refractivity contribution in [3.63, 3.8) is 0 Å². The van der Waals surface area contributed by atoms with Crippen molar-refractivity contribution < 1.29 is 19.1 Å². The molecule has 0 bridgehead atoms. The third-order valence-electron chi connectivity index (χ3n) is 6.88. The lowest BCUT2D eigenvalue weighted by molar-refractivity contribution is -0.139. The fourth-order valence-corrected chi connectivity index (χ4v) is 6.68. The summed E-state index contributed by atoms with van der Waals surface area (Å²) < 4.78 is 5.58. The standard InChI is InChI=1S/C23H25ClN4O4S/c24-14-10-28(18-15(29)11-32-19(14)18)23(31)16(12-5-2-1-3-6-12)17-20(13-7-4-8-26-9-13)33-22(27-17)21(25)30/h4,7-9,12,14,16,18-19H,1-3,5-6,10-11H2,(H2,25,30)/t14-,16-,18+,19+/m0/s1. The zero-order valence-corrected chi connectivity index (χ0v) is 19.6. The van der Waals surface area contributed by atoms with Crippen molar-refractivity contribution >= 4 is 40.5 Å². The third kappa shape index (κ3) is 4.06. The Balaban J connectivity index is 1.60. The second-order valence-electron chi connectivity index (χ2n) is 8.91. The first kappa shape index (κ1) is 22.4. The number of amides is 2. The summed E-state index contributed by atoms with van der Waals surface area (Å²) in [5, 5.41) is -0.279. The Hall–Kier alpha value is -2.36. The van der Waals surface area contributed by atoms with Gasteiger partial charge >= 0.3 is 0 Å². The van der Waals surface area contributed by atoms with Gasteiger partial charge in [0.15, 0.2) is 10.8 Å². The molecule has 3 fully saturated rings. The van der Waals surface area contributed by atoms with E-state index in [4.69, 9.17) is 22.1 Å². The minimum atomic E-state index is -0.665. The summed E-state index contributed by atoms with van der Waals surface area (Å²) in [7, 11) is 0. The van der Waals surface area contributed by atoms with Crippen molar-refractivity contribution in [3.05, 3.63) is 35.2 Å². The van der Waals surface area contributed by atoms with Crippen LogP contribution in [0.4, 0.5) is 0 Å². The van der Waals surface area contributed by atoms with Crippen LogP contribution in [-0.2, 0) is 14.3 Å². The summed E-state index contributed by atoms with van der Waals surface area (Å²) >= 11 is 7.65. The zero-order valence-electron chi connectivity index (χ0n) is 18.0. The number of hydrogen-bond donors (Lipinski definition) is 1. The number of likely N-dealkylation sites (tertiary alicyclic amines) is 1. The SMILES string of the molecule is NC(=O)c1nc([C@@H](C(=O)N2C[C@H](Cl)[C@H]3OCC(=O)[C@H]32)C2CCCCC2)c(-c2cccnc2)s1. The number of aromatic nitrogens is 2. The van der Waals surface area contributed by atoms with Crippen LogP contribution in [0.5, 0.6) is 0 Å². The summed E-state index contributed by atoms with van der Waals surface area (Å²) in [5.41, 5.74) is 6.90. The molecule has 2 aliphatic heterocycles. The van der Waals surface area contributed by atoms with Gasteiger partial charge in [0, 0.05) is 24.5 Å². The number of ether oxygens (including phenoxy) is 1. The van der Waals surface area contributed by atoms with Crippen molar-refractivity contribution in [2.75, 3.05) is 13.2 Å². The third-order valence-corrected chi connectivity index (χ3v) is 8.40. The molecule has 10 heteroatoms. The maximum Gasteiger partial charge on any atom is 0.277 e. The maximum atomic E-state index is 14.1. The van der Waals surface area contributed by atoms with Gasteiger partial charge in [0.25, 0.3) is 5.91 Å². The minimum absolute atomic E-state index is 0.0279. The second-order valence-corrected chi connectivity index (χ2v) is 10.5. The largest absolute Gasteiger partial charge is 0.366 e.